The Morgan fingerprint density at radius 2 is 1.64 bits per heavy atom. The van der Waals surface area contributed by atoms with Gasteiger partial charge < -0.3 is 20.1 Å². The fraction of sp³-hybridized carbons (Fsp3) is 0.421. The van der Waals surface area contributed by atoms with E-state index in [1.807, 2.05) is 12.1 Å². The predicted octanol–water partition coefficient (Wildman–Crippen LogP) is 4.34. The molecule has 0 aliphatic carbocycles. The third-order valence-electron chi connectivity index (χ3n) is 3.87. The van der Waals surface area contributed by atoms with Crippen LogP contribution >= 0.6 is 22.7 Å². The van der Waals surface area contributed by atoms with Crippen molar-refractivity contribution in [2.24, 2.45) is 4.99 Å². The molecule has 7 nitrogen and oxygen atoms in total. The van der Waals surface area contributed by atoms with Crippen molar-refractivity contribution in [1.82, 2.24) is 0 Å². The van der Waals surface area contributed by atoms with Crippen LogP contribution in [-0.2, 0) is 9.47 Å². The van der Waals surface area contributed by atoms with Crippen molar-refractivity contribution in [3.8, 4) is 0 Å². The van der Waals surface area contributed by atoms with Crippen LogP contribution in [0.1, 0.15) is 53.3 Å². The van der Waals surface area contributed by atoms with E-state index >= 15 is 0 Å². The number of nitrogen functional groups attached to an aromatic ring is 1. The molecule has 152 valence electrons. The number of nitrogens with zero attached hydrogens (tertiary/aromatic N) is 2. The molecule has 0 aliphatic rings. The molecule has 2 rings (SSSR count). The Hall–Kier alpha value is -2.39. The highest BCUT2D eigenvalue weighted by atomic mass is 32.1. The van der Waals surface area contributed by atoms with Gasteiger partial charge in [-0.1, -0.05) is 11.3 Å². The molecule has 0 aliphatic heterocycles. The molecule has 2 N–H and O–H groups in total. The molecule has 0 fully saturated rings. The summed E-state index contributed by atoms with van der Waals surface area (Å²) in [5.41, 5.74) is 6.06. The lowest BCUT2D eigenvalue weighted by molar-refractivity contribution is 0.0481. The zero-order valence-electron chi connectivity index (χ0n) is 16.5. The first-order valence-corrected chi connectivity index (χ1v) is 10.7. The summed E-state index contributed by atoms with van der Waals surface area (Å²) >= 11 is 2.66. The minimum Gasteiger partial charge on any atom is -0.462 e. The van der Waals surface area contributed by atoms with Gasteiger partial charge >= 0.3 is 11.9 Å². The van der Waals surface area contributed by atoms with Crippen LogP contribution in [0.4, 0.5) is 15.0 Å². The van der Waals surface area contributed by atoms with E-state index < -0.39 is 11.9 Å². The topological polar surface area (TPSA) is 94.2 Å². The Morgan fingerprint density at radius 1 is 1.04 bits per heavy atom. The van der Waals surface area contributed by atoms with Crippen molar-refractivity contribution < 1.29 is 19.1 Å². The molecular weight excluding hydrogens is 398 g/mol. The standard InChI is InChI=1S/C19H25N3O4S2/c1-5-22(6-2)13-10-9-12(27-13)11-21-17-15(19(24)26-8-4)14(16(20)28-17)18(23)25-7-3/h9-11H,5-8,20H2,1-4H3/b21-11+. The van der Waals surface area contributed by atoms with Crippen LogP contribution in [0.25, 0.3) is 0 Å². The largest absolute Gasteiger partial charge is 0.462 e. The van der Waals surface area contributed by atoms with E-state index in [0.29, 0.717) is 5.00 Å². The molecule has 0 spiro atoms. The molecule has 0 amide bonds. The smallest absolute Gasteiger partial charge is 0.342 e. The summed E-state index contributed by atoms with van der Waals surface area (Å²) in [5.74, 6) is -1.29. The Labute approximate surface area is 172 Å². The fourth-order valence-corrected chi connectivity index (χ4v) is 4.46. The second-order valence-corrected chi connectivity index (χ2v) is 7.69. The normalized spacial score (nSPS) is 11.0. The van der Waals surface area contributed by atoms with Gasteiger partial charge in [0.05, 0.1) is 18.2 Å². The molecule has 0 unspecified atom stereocenters. The first kappa shape index (κ1) is 21.9. The third-order valence-corrected chi connectivity index (χ3v) is 5.88. The number of carbonyl (C=O) groups is 2. The summed E-state index contributed by atoms with van der Waals surface area (Å²) in [6.07, 6.45) is 1.67. The number of anilines is 2. The number of hydrogen-bond acceptors (Lipinski definition) is 9. The maximum atomic E-state index is 12.4. The molecule has 2 heterocycles. The lowest BCUT2D eigenvalue weighted by Crippen LogP contribution is -2.20. The highest BCUT2D eigenvalue weighted by Crippen LogP contribution is 2.39. The molecule has 9 heteroatoms. The number of carbonyl (C=O) groups excluding carboxylic acids is 2. The van der Waals surface area contributed by atoms with Crippen LogP contribution < -0.4 is 10.6 Å². The van der Waals surface area contributed by atoms with Gasteiger partial charge in [0.25, 0.3) is 0 Å². The van der Waals surface area contributed by atoms with Crippen molar-refractivity contribution >= 4 is 55.8 Å². The van der Waals surface area contributed by atoms with Crippen molar-refractivity contribution in [2.45, 2.75) is 27.7 Å². The van der Waals surface area contributed by atoms with E-state index in [-0.39, 0.29) is 29.3 Å². The van der Waals surface area contributed by atoms with Gasteiger partial charge in [0.15, 0.2) is 0 Å². The summed E-state index contributed by atoms with van der Waals surface area (Å²) in [5, 5.41) is 1.66. The fourth-order valence-electron chi connectivity index (χ4n) is 2.56. The molecule has 0 bridgehead atoms. The van der Waals surface area contributed by atoms with Crippen LogP contribution in [0.15, 0.2) is 17.1 Å². The van der Waals surface area contributed by atoms with Gasteiger partial charge in [-0.3, -0.25) is 0 Å². The minimum absolute atomic E-state index is 0.0208. The SMILES string of the molecule is CCOC(=O)c1c(N)sc(/N=C/c2ccc(N(CC)CC)s2)c1C(=O)OCC. The monoisotopic (exact) mass is 423 g/mol. The molecule has 28 heavy (non-hydrogen) atoms. The number of rotatable bonds is 9. The quantitative estimate of drug-likeness (QED) is 0.476. The number of hydrogen-bond donors (Lipinski definition) is 1. The van der Waals surface area contributed by atoms with Gasteiger partial charge in [-0.15, -0.1) is 11.3 Å². The van der Waals surface area contributed by atoms with E-state index in [0.717, 1.165) is 34.3 Å². The molecule has 0 aromatic carbocycles. The van der Waals surface area contributed by atoms with Crippen LogP contribution in [0, 0.1) is 0 Å². The Morgan fingerprint density at radius 3 is 2.21 bits per heavy atom. The Balaban J connectivity index is 2.39. The maximum Gasteiger partial charge on any atom is 0.342 e. The molecule has 2 aromatic heterocycles. The van der Waals surface area contributed by atoms with E-state index in [9.17, 15) is 9.59 Å². The summed E-state index contributed by atoms with van der Waals surface area (Å²) < 4.78 is 10.1. The molecule has 2 aromatic rings. The third kappa shape index (κ3) is 4.90. The minimum atomic E-state index is -0.652. The van der Waals surface area contributed by atoms with E-state index in [1.165, 1.54) is 0 Å². The van der Waals surface area contributed by atoms with Crippen molar-refractivity contribution in [2.75, 3.05) is 36.9 Å². The summed E-state index contributed by atoms with van der Waals surface area (Å²) in [6.45, 7) is 9.79. The van der Waals surface area contributed by atoms with E-state index in [1.54, 1.807) is 31.4 Å². The lowest BCUT2D eigenvalue weighted by Gasteiger charge is -2.17. The lowest BCUT2D eigenvalue weighted by atomic mass is 10.1. The predicted molar refractivity (Wildman–Crippen MR) is 116 cm³/mol. The van der Waals surface area contributed by atoms with E-state index in [2.05, 4.69) is 23.7 Å². The summed E-state index contributed by atoms with van der Waals surface area (Å²) in [7, 11) is 0. The van der Waals surface area contributed by atoms with Crippen LogP contribution in [0.5, 0.6) is 0 Å². The number of esters is 2. The zero-order valence-corrected chi connectivity index (χ0v) is 18.1. The number of thiophene rings is 2. The second-order valence-electron chi connectivity index (χ2n) is 5.57. The van der Waals surface area contributed by atoms with Crippen molar-refractivity contribution in [3.05, 3.63) is 28.1 Å². The van der Waals surface area contributed by atoms with Gasteiger partial charge in [-0.2, -0.15) is 0 Å². The zero-order chi connectivity index (χ0) is 20.7. The van der Waals surface area contributed by atoms with Gasteiger partial charge in [-0.05, 0) is 39.8 Å². The molecular formula is C19H25N3O4S2. The Bertz CT molecular complexity index is 853. The van der Waals surface area contributed by atoms with Gasteiger partial charge in [0, 0.05) is 24.2 Å². The summed E-state index contributed by atoms with van der Waals surface area (Å²) in [6, 6.07) is 4.01. The average molecular weight is 424 g/mol. The first-order chi connectivity index (χ1) is 13.5. The number of ether oxygens (including phenoxy) is 2. The van der Waals surface area contributed by atoms with E-state index in [4.69, 9.17) is 15.2 Å². The molecule has 0 radical (unpaired) electrons. The number of nitrogens with two attached hydrogens (primary N) is 1. The van der Waals surface area contributed by atoms with Crippen LogP contribution in [0.2, 0.25) is 0 Å². The highest BCUT2D eigenvalue weighted by molar-refractivity contribution is 7.20. The van der Waals surface area contributed by atoms with Crippen molar-refractivity contribution in [3.63, 3.8) is 0 Å². The number of aliphatic imine (C=N–C) groups is 1. The molecule has 0 atom stereocenters. The van der Waals surface area contributed by atoms with Gasteiger partial charge in [0.1, 0.15) is 21.1 Å². The Kier molecular flexibility index (Phi) is 8.01. The van der Waals surface area contributed by atoms with Crippen LogP contribution in [0.3, 0.4) is 0 Å². The van der Waals surface area contributed by atoms with Gasteiger partial charge in [0.2, 0.25) is 0 Å². The molecule has 0 saturated carbocycles. The highest BCUT2D eigenvalue weighted by Gasteiger charge is 2.29. The molecule has 0 saturated heterocycles. The maximum absolute atomic E-state index is 12.4. The first-order valence-electron chi connectivity index (χ1n) is 9.11. The second kappa shape index (κ2) is 10.2. The van der Waals surface area contributed by atoms with Crippen molar-refractivity contribution in [1.29, 1.82) is 0 Å². The van der Waals surface area contributed by atoms with Gasteiger partial charge in [-0.25, -0.2) is 14.6 Å². The van der Waals surface area contributed by atoms with Crippen LogP contribution in [-0.4, -0.2) is 44.5 Å². The average Bonchev–Trinajstić information content (AvgIpc) is 3.26. The summed E-state index contributed by atoms with van der Waals surface area (Å²) in [4.78, 5) is 32.3.